The van der Waals surface area contributed by atoms with E-state index in [0.29, 0.717) is 11.7 Å². The lowest BCUT2D eigenvalue weighted by Gasteiger charge is -2.27. The zero-order chi connectivity index (χ0) is 14.5. The Morgan fingerprint density at radius 1 is 1.20 bits per heavy atom. The molecule has 1 heterocycles. The molecule has 1 aromatic heterocycles. The number of benzene rings is 1. The van der Waals surface area contributed by atoms with Crippen LogP contribution in [0.5, 0.6) is 0 Å². The van der Waals surface area contributed by atoms with Gasteiger partial charge in [0.25, 0.3) is 0 Å². The van der Waals surface area contributed by atoms with Crippen LogP contribution in [0.2, 0.25) is 0 Å². The number of nitrogens with two attached hydrogens (primary N) is 1. The van der Waals surface area contributed by atoms with Crippen molar-refractivity contribution in [3.63, 3.8) is 0 Å². The Labute approximate surface area is 125 Å². The second-order valence-electron chi connectivity index (χ2n) is 4.69. The first-order chi connectivity index (χ1) is 9.67. The number of hydrogen-bond acceptors (Lipinski definition) is 2. The Kier molecular flexibility index (Phi) is 4.79. The summed E-state index contributed by atoms with van der Waals surface area (Å²) in [6.07, 6.45) is 5.30. The van der Waals surface area contributed by atoms with Crippen LogP contribution in [0.15, 0.2) is 41.2 Å². The fourth-order valence-corrected chi connectivity index (χ4v) is 2.55. The van der Waals surface area contributed by atoms with Crippen LogP contribution in [0.3, 0.4) is 0 Å². The maximum atomic E-state index is 5.96. The Balaban J connectivity index is 2.45. The molecular weight excluding hydrogens is 268 g/mol. The summed E-state index contributed by atoms with van der Waals surface area (Å²) in [5.41, 5.74) is 10.7. The van der Waals surface area contributed by atoms with Gasteiger partial charge < -0.3 is 15.1 Å². The third kappa shape index (κ3) is 3.02. The third-order valence-electron chi connectivity index (χ3n) is 3.42. The Morgan fingerprint density at radius 2 is 1.85 bits per heavy atom. The van der Waals surface area contributed by atoms with Crippen LogP contribution in [-0.4, -0.2) is 5.11 Å². The molecule has 0 aliphatic heterocycles. The number of rotatable bonds is 5. The van der Waals surface area contributed by atoms with Gasteiger partial charge in [-0.1, -0.05) is 32.0 Å². The molecule has 0 amide bonds. The summed E-state index contributed by atoms with van der Waals surface area (Å²) in [7, 11) is 0. The molecule has 0 fully saturated rings. The normalized spacial score (nSPS) is 10.5. The predicted octanol–water partition coefficient (Wildman–Crippen LogP) is 3.65. The van der Waals surface area contributed by atoms with E-state index in [2.05, 4.69) is 32.0 Å². The predicted molar refractivity (Wildman–Crippen MR) is 86.9 cm³/mol. The smallest absolute Gasteiger partial charge is 0.171 e. The number of furan rings is 1. The fourth-order valence-electron chi connectivity index (χ4n) is 2.39. The molecule has 0 radical (unpaired) electrons. The molecule has 2 rings (SSSR count). The molecule has 4 heteroatoms. The molecule has 0 spiro atoms. The van der Waals surface area contributed by atoms with Gasteiger partial charge >= 0.3 is 0 Å². The maximum Gasteiger partial charge on any atom is 0.171 e. The minimum atomic E-state index is 0.391. The fraction of sp³-hybridized carbons (Fsp3) is 0.312. The molecule has 0 aliphatic rings. The largest absolute Gasteiger partial charge is 0.472 e. The molecule has 20 heavy (non-hydrogen) atoms. The molecule has 0 saturated carbocycles. The number of thiocarbonyl (C=S) groups is 1. The Bertz CT molecular complexity index is 556. The lowest BCUT2D eigenvalue weighted by Crippen LogP contribution is -2.36. The van der Waals surface area contributed by atoms with E-state index < -0.39 is 0 Å². The standard InChI is InChI=1S/C16H20N2OS/c1-3-13-6-5-7-14(4-2)15(13)18(16(17)20)10-12-8-9-19-11-12/h5-9,11H,3-4,10H2,1-2H3,(H2,17,20). The highest BCUT2D eigenvalue weighted by molar-refractivity contribution is 7.80. The molecule has 0 bridgehead atoms. The summed E-state index contributed by atoms with van der Waals surface area (Å²) in [6.45, 7) is 4.93. The molecule has 2 aromatic rings. The van der Waals surface area contributed by atoms with Gasteiger partial charge in [-0.2, -0.15) is 0 Å². The average molecular weight is 288 g/mol. The zero-order valence-corrected chi connectivity index (χ0v) is 12.7. The first-order valence-corrected chi connectivity index (χ1v) is 7.27. The van der Waals surface area contributed by atoms with E-state index in [9.17, 15) is 0 Å². The molecule has 106 valence electrons. The van der Waals surface area contributed by atoms with E-state index in [1.54, 1.807) is 12.5 Å². The summed E-state index contributed by atoms with van der Waals surface area (Å²) < 4.78 is 5.13. The SMILES string of the molecule is CCc1cccc(CC)c1N(Cc1ccoc1)C(N)=S. The van der Waals surface area contributed by atoms with E-state index in [1.807, 2.05) is 11.0 Å². The number of anilines is 1. The number of para-hydroxylation sites is 1. The molecular formula is C16H20N2OS. The summed E-state index contributed by atoms with van der Waals surface area (Å²) in [5, 5.41) is 0.391. The van der Waals surface area contributed by atoms with Crippen molar-refractivity contribution in [1.82, 2.24) is 0 Å². The minimum absolute atomic E-state index is 0.391. The van der Waals surface area contributed by atoms with Crippen molar-refractivity contribution in [2.75, 3.05) is 4.90 Å². The summed E-state index contributed by atoms with van der Waals surface area (Å²) in [6, 6.07) is 8.30. The molecule has 0 atom stereocenters. The van der Waals surface area contributed by atoms with E-state index in [0.717, 1.165) is 24.1 Å². The third-order valence-corrected chi connectivity index (χ3v) is 3.64. The van der Waals surface area contributed by atoms with Gasteiger partial charge in [0, 0.05) is 11.3 Å². The van der Waals surface area contributed by atoms with E-state index in [-0.39, 0.29) is 0 Å². The first kappa shape index (κ1) is 14.6. The van der Waals surface area contributed by atoms with Crippen molar-refractivity contribution < 1.29 is 4.42 Å². The van der Waals surface area contributed by atoms with Gasteiger partial charge in [-0.3, -0.25) is 0 Å². The molecule has 2 N–H and O–H groups in total. The summed E-state index contributed by atoms with van der Waals surface area (Å²) in [4.78, 5) is 2.00. The minimum Gasteiger partial charge on any atom is -0.472 e. The summed E-state index contributed by atoms with van der Waals surface area (Å²) >= 11 is 5.26. The van der Waals surface area contributed by atoms with E-state index >= 15 is 0 Å². The molecule has 0 unspecified atom stereocenters. The van der Waals surface area contributed by atoms with Crippen LogP contribution in [0.4, 0.5) is 5.69 Å². The maximum absolute atomic E-state index is 5.96. The molecule has 0 aliphatic carbocycles. The van der Waals surface area contributed by atoms with Crippen molar-refractivity contribution in [3.8, 4) is 0 Å². The van der Waals surface area contributed by atoms with Gasteiger partial charge in [0.2, 0.25) is 0 Å². The Morgan fingerprint density at radius 3 is 2.30 bits per heavy atom. The van der Waals surface area contributed by atoms with Gasteiger partial charge in [-0.15, -0.1) is 0 Å². The first-order valence-electron chi connectivity index (χ1n) is 6.86. The highest BCUT2D eigenvalue weighted by atomic mass is 32.1. The Hall–Kier alpha value is -1.81. The molecule has 0 saturated heterocycles. The van der Waals surface area contributed by atoms with E-state index in [4.69, 9.17) is 22.4 Å². The van der Waals surface area contributed by atoms with Crippen LogP contribution in [-0.2, 0) is 19.4 Å². The van der Waals surface area contributed by atoms with Gasteiger partial charge in [0.15, 0.2) is 5.11 Å². The van der Waals surface area contributed by atoms with Crippen molar-refractivity contribution in [2.45, 2.75) is 33.2 Å². The second kappa shape index (κ2) is 6.57. The summed E-state index contributed by atoms with van der Waals surface area (Å²) in [5.74, 6) is 0. The van der Waals surface area contributed by atoms with Crippen LogP contribution in [0.1, 0.15) is 30.5 Å². The van der Waals surface area contributed by atoms with Gasteiger partial charge in [-0.25, -0.2) is 0 Å². The van der Waals surface area contributed by atoms with Crippen molar-refractivity contribution >= 4 is 23.0 Å². The number of aryl methyl sites for hydroxylation is 2. The molecule has 3 nitrogen and oxygen atoms in total. The lowest BCUT2D eigenvalue weighted by molar-refractivity contribution is 0.564. The van der Waals surface area contributed by atoms with Crippen LogP contribution in [0, 0.1) is 0 Å². The molecule has 1 aromatic carbocycles. The van der Waals surface area contributed by atoms with Crippen molar-refractivity contribution in [3.05, 3.63) is 53.5 Å². The van der Waals surface area contributed by atoms with Crippen molar-refractivity contribution in [2.24, 2.45) is 5.73 Å². The van der Waals surface area contributed by atoms with Gasteiger partial charge in [0.05, 0.1) is 19.1 Å². The lowest BCUT2D eigenvalue weighted by atomic mass is 10.0. The van der Waals surface area contributed by atoms with Gasteiger partial charge in [-0.05, 0) is 42.3 Å². The zero-order valence-electron chi connectivity index (χ0n) is 11.9. The quantitative estimate of drug-likeness (QED) is 0.853. The monoisotopic (exact) mass is 288 g/mol. The average Bonchev–Trinajstić information content (AvgIpc) is 2.96. The van der Waals surface area contributed by atoms with Crippen LogP contribution < -0.4 is 10.6 Å². The number of hydrogen-bond donors (Lipinski definition) is 1. The second-order valence-corrected chi connectivity index (χ2v) is 5.11. The van der Waals surface area contributed by atoms with Crippen molar-refractivity contribution in [1.29, 1.82) is 0 Å². The number of nitrogens with zero attached hydrogens (tertiary/aromatic N) is 1. The van der Waals surface area contributed by atoms with E-state index in [1.165, 1.54) is 11.1 Å². The highest BCUT2D eigenvalue weighted by Gasteiger charge is 2.17. The topological polar surface area (TPSA) is 42.4 Å². The highest BCUT2D eigenvalue weighted by Crippen LogP contribution is 2.28. The van der Waals surface area contributed by atoms with Crippen LogP contribution >= 0.6 is 12.2 Å². The van der Waals surface area contributed by atoms with Gasteiger partial charge in [0.1, 0.15) is 0 Å². The van der Waals surface area contributed by atoms with Crippen LogP contribution in [0.25, 0.3) is 0 Å².